The number of carbonyl (C=O) groups is 3. The molecule has 2 N–H and O–H groups in total. The van der Waals surface area contributed by atoms with Crippen LogP contribution in [0.15, 0.2) is 48.5 Å². The van der Waals surface area contributed by atoms with Crippen LogP contribution in [0.1, 0.15) is 42.7 Å². The van der Waals surface area contributed by atoms with Crippen molar-refractivity contribution in [3.8, 4) is 23.0 Å². The van der Waals surface area contributed by atoms with E-state index in [1.807, 2.05) is 24.3 Å². The molecule has 0 aromatic heterocycles. The normalized spacial score (nSPS) is 16.7. The summed E-state index contributed by atoms with van der Waals surface area (Å²) in [5.41, 5.74) is 4.58. The molecule has 7 heteroatoms. The molecule has 1 aliphatic carbocycles. The summed E-state index contributed by atoms with van der Waals surface area (Å²) < 4.78 is 5.45. The van der Waals surface area contributed by atoms with E-state index in [-0.39, 0.29) is 31.5 Å². The third-order valence-electron chi connectivity index (χ3n) is 6.16. The quantitative estimate of drug-likeness (QED) is 0.687. The van der Waals surface area contributed by atoms with Gasteiger partial charge in [-0.25, -0.2) is 4.79 Å². The maximum atomic E-state index is 12.4. The predicted molar refractivity (Wildman–Crippen MR) is 122 cm³/mol. The zero-order valence-corrected chi connectivity index (χ0v) is 18.3. The Morgan fingerprint density at radius 2 is 1.70 bits per heavy atom. The number of carbonyl (C=O) groups excluding carboxylic acids is 2. The minimum absolute atomic E-state index is 0.0268. The average molecular weight is 447 g/mol. The molecule has 7 nitrogen and oxygen atoms in total. The van der Waals surface area contributed by atoms with Gasteiger partial charge in [0.2, 0.25) is 0 Å². The Bertz CT molecular complexity index is 1070. The van der Waals surface area contributed by atoms with Crippen LogP contribution in [-0.4, -0.2) is 53.7 Å². The number of benzene rings is 2. The summed E-state index contributed by atoms with van der Waals surface area (Å²) in [5.74, 6) is 3.79. The van der Waals surface area contributed by atoms with Crippen LogP contribution in [0.5, 0.6) is 0 Å². The molecule has 0 bridgehead atoms. The van der Waals surface area contributed by atoms with E-state index in [2.05, 4.69) is 41.4 Å². The lowest BCUT2D eigenvalue weighted by Crippen LogP contribution is -2.44. The molecule has 0 spiro atoms. The molecule has 170 valence electrons. The molecule has 33 heavy (non-hydrogen) atoms. The smallest absolute Gasteiger partial charge is 0.407 e. The summed E-state index contributed by atoms with van der Waals surface area (Å²) in [6, 6.07) is 15.9. The molecule has 2 aromatic carbocycles. The summed E-state index contributed by atoms with van der Waals surface area (Å²) in [6.45, 7) is 0.683. The van der Waals surface area contributed by atoms with Crippen molar-refractivity contribution in [2.24, 2.45) is 0 Å². The van der Waals surface area contributed by atoms with Crippen LogP contribution in [0.3, 0.4) is 0 Å². The minimum Gasteiger partial charge on any atom is -0.481 e. The molecule has 1 unspecified atom stereocenters. The van der Waals surface area contributed by atoms with Gasteiger partial charge >= 0.3 is 12.1 Å². The van der Waals surface area contributed by atoms with E-state index in [1.165, 1.54) is 4.90 Å². The van der Waals surface area contributed by atoms with Gasteiger partial charge in [0.05, 0.1) is 13.0 Å². The topological polar surface area (TPSA) is 95.9 Å². The molecular formula is C26H26N2O5. The number of carboxylic acid groups (broad SMARTS) is 1. The van der Waals surface area contributed by atoms with Crippen LogP contribution >= 0.6 is 0 Å². The average Bonchev–Trinajstić information content (AvgIpc) is 3.14. The molecular weight excluding hydrogens is 420 g/mol. The van der Waals surface area contributed by atoms with E-state index in [9.17, 15) is 14.4 Å². The SMILES string of the molecule is O=C(O)CC1CCCCN1C(=O)C#CCNC(=O)OCC1c2ccccc2-c2ccccc21. The fourth-order valence-corrected chi connectivity index (χ4v) is 4.64. The van der Waals surface area contributed by atoms with Gasteiger partial charge in [-0.15, -0.1) is 0 Å². The van der Waals surface area contributed by atoms with Gasteiger partial charge in [-0.2, -0.15) is 0 Å². The van der Waals surface area contributed by atoms with Crippen LogP contribution in [0, 0.1) is 11.8 Å². The van der Waals surface area contributed by atoms with Gasteiger partial charge in [0.1, 0.15) is 6.61 Å². The lowest BCUT2D eigenvalue weighted by atomic mass is 9.98. The van der Waals surface area contributed by atoms with E-state index >= 15 is 0 Å². The maximum absolute atomic E-state index is 12.4. The van der Waals surface area contributed by atoms with E-state index in [1.54, 1.807) is 0 Å². The van der Waals surface area contributed by atoms with E-state index in [0.29, 0.717) is 13.0 Å². The second kappa shape index (κ2) is 10.2. The first kappa shape index (κ1) is 22.4. The highest BCUT2D eigenvalue weighted by Crippen LogP contribution is 2.44. The second-order valence-corrected chi connectivity index (χ2v) is 8.23. The molecule has 0 radical (unpaired) electrons. The van der Waals surface area contributed by atoms with Crippen molar-refractivity contribution >= 4 is 18.0 Å². The number of fused-ring (bicyclic) bond motifs is 3. The first-order valence-electron chi connectivity index (χ1n) is 11.1. The molecule has 1 saturated heterocycles. The summed E-state index contributed by atoms with van der Waals surface area (Å²) in [7, 11) is 0. The number of alkyl carbamates (subject to hydrolysis) is 1. The van der Waals surface area contributed by atoms with Gasteiger partial charge < -0.3 is 20.1 Å². The first-order valence-corrected chi connectivity index (χ1v) is 11.1. The number of hydrogen-bond acceptors (Lipinski definition) is 4. The highest BCUT2D eigenvalue weighted by molar-refractivity contribution is 5.94. The Morgan fingerprint density at radius 3 is 2.36 bits per heavy atom. The maximum Gasteiger partial charge on any atom is 0.407 e. The monoisotopic (exact) mass is 446 g/mol. The standard InChI is InChI=1S/C26H26N2O5/c29-24(28-15-6-5-8-18(28)16-25(30)31)13-7-14-27-26(32)33-17-23-21-11-3-1-9-19(21)20-10-2-4-12-22(20)23/h1-4,9-12,18,23H,5-6,8,14-17H2,(H,27,32)(H,30,31). The first-order chi connectivity index (χ1) is 16.0. The summed E-state index contributed by atoms with van der Waals surface area (Å²) in [6.07, 6.45) is 1.73. The van der Waals surface area contributed by atoms with Gasteiger partial charge in [-0.3, -0.25) is 9.59 Å². The Balaban J connectivity index is 1.28. The van der Waals surface area contributed by atoms with Gasteiger partial charge in [0, 0.05) is 18.5 Å². The minimum atomic E-state index is -0.926. The third-order valence-corrected chi connectivity index (χ3v) is 6.16. The zero-order chi connectivity index (χ0) is 23.2. The summed E-state index contributed by atoms with van der Waals surface area (Å²) in [5, 5.41) is 11.6. The largest absolute Gasteiger partial charge is 0.481 e. The summed E-state index contributed by atoms with van der Waals surface area (Å²) >= 11 is 0. The van der Waals surface area contributed by atoms with Crippen molar-refractivity contribution in [3.63, 3.8) is 0 Å². The number of aliphatic carboxylic acids is 1. The van der Waals surface area contributed by atoms with Gasteiger partial charge in [0.15, 0.2) is 0 Å². The number of hydrogen-bond donors (Lipinski definition) is 2. The van der Waals surface area contributed by atoms with Crippen molar-refractivity contribution in [2.75, 3.05) is 19.7 Å². The van der Waals surface area contributed by atoms with Crippen molar-refractivity contribution < 1.29 is 24.2 Å². The zero-order valence-electron chi connectivity index (χ0n) is 18.3. The molecule has 4 rings (SSSR count). The van der Waals surface area contributed by atoms with Crippen LogP contribution in [0.25, 0.3) is 11.1 Å². The number of likely N-dealkylation sites (tertiary alicyclic amines) is 1. The molecule has 1 fully saturated rings. The van der Waals surface area contributed by atoms with Gasteiger partial charge in [-0.05, 0) is 47.4 Å². The van der Waals surface area contributed by atoms with E-state index in [0.717, 1.165) is 35.1 Å². The number of nitrogens with zero attached hydrogens (tertiary/aromatic N) is 1. The number of nitrogens with one attached hydrogen (secondary N) is 1. The molecule has 2 amide bonds. The lowest BCUT2D eigenvalue weighted by Gasteiger charge is -2.33. The molecule has 1 heterocycles. The van der Waals surface area contributed by atoms with Crippen LogP contribution in [0.4, 0.5) is 4.79 Å². The van der Waals surface area contributed by atoms with Crippen molar-refractivity contribution in [1.29, 1.82) is 0 Å². The number of piperidine rings is 1. The summed E-state index contributed by atoms with van der Waals surface area (Å²) in [4.78, 5) is 37.1. The molecule has 2 aromatic rings. The number of ether oxygens (including phenoxy) is 1. The number of carboxylic acids is 1. The second-order valence-electron chi connectivity index (χ2n) is 8.23. The van der Waals surface area contributed by atoms with Crippen molar-refractivity contribution in [1.82, 2.24) is 10.2 Å². The van der Waals surface area contributed by atoms with Crippen LogP contribution in [-0.2, 0) is 14.3 Å². The Morgan fingerprint density at radius 1 is 1.03 bits per heavy atom. The molecule has 1 atom stereocenters. The number of amides is 2. The van der Waals surface area contributed by atoms with Gasteiger partial charge in [-0.1, -0.05) is 54.5 Å². The van der Waals surface area contributed by atoms with Crippen molar-refractivity contribution in [3.05, 3.63) is 59.7 Å². The molecule has 0 saturated carbocycles. The Labute approximate surface area is 192 Å². The Hall–Kier alpha value is -3.79. The number of rotatable bonds is 5. The van der Waals surface area contributed by atoms with Crippen molar-refractivity contribution in [2.45, 2.75) is 37.6 Å². The lowest BCUT2D eigenvalue weighted by molar-refractivity contribution is -0.140. The highest BCUT2D eigenvalue weighted by Gasteiger charge is 2.29. The molecule has 2 aliphatic rings. The van der Waals surface area contributed by atoms with Crippen LogP contribution < -0.4 is 5.32 Å². The predicted octanol–water partition coefficient (Wildman–Crippen LogP) is 3.38. The van der Waals surface area contributed by atoms with E-state index in [4.69, 9.17) is 9.84 Å². The third kappa shape index (κ3) is 5.17. The fraction of sp³-hybridized carbons (Fsp3) is 0.346. The highest BCUT2D eigenvalue weighted by atomic mass is 16.5. The van der Waals surface area contributed by atoms with E-state index < -0.39 is 18.0 Å². The van der Waals surface area contributed by atoms with Gasteiger partial charge in [0.25, 0.3) is 5.91 Å². The molecule has 1 aliphatic heterocycles. The fourth-order valence-electron chi connectivity index (χ4n) is 4.64. The Kier molecular flexibility index (Phi) is 6.94. The van der Waals surface area contributed by atoms with Crippen LogP contribution in [0.2, 0.25) is 0 Å².